The van der Waals surface area contributed by atoms with Crippen LogP contribution < -0.4 is 0 Å². The highest BCUT2D eigenvalue weighted by Gasteiger charge is 2.62. The number of piperidine rings is 1. The number of amides is 1. The van der Waals surface area contributed by atoms with Crippen LogP contribution in [0.4, 0.5) is 0 Å². The van der Waals surface area contributed by atoms with Crippen LogP contribution in [0.25, 0.3) is 0 Å². The molecule has 0 aliphatic carbocycles. The van der Waals surface area contributed by atoms with Gasteiger partial charge >= 0.3 is 0 Å². The first kappa shape index (κ1) is 20.3. The van der Waals surface area contributed by atoms with Crippen molar-refractivity contribution in [2.45, 2.75) is 95.3 Å². The van der Waals surface area contributed by atoms with Gasteiger partial charge in [0, 0.05) is 18.9 Å². The zero-order valence-corrected chi connectivity index (χ0v) is 17.9. The van der Waals surface area contributed by atoms with Gasteiger partial charge in [-0.1, -0.05) is 6.07 Å². The highest BCUT2D eigenvalue weighted by atomic mass is 16.9. The third kappa shape index (κ3) is 3.54. The fourth-order valence-electron chi connectivity index (χ4n) is 5.09. The molecule has 4 aliphatic rings. The van der Waals surface area contributed by atoms with Crippen LogP contribution in [-0.2, 0) is 28.5 Å². The zero-order chi connectivity index (χ0) is 21.1. The second kappa shape index (κ2) is 7.24. The molecule has 0 aromatic carbocycles. The van der Waals surface area contributed by atoms with E-state index in [1.165, 1.54) is 0 Å². The average molecular weight is 418 g/mol. The van der Waals surface area contributed by atoms with Gasteiger partial charge in [0.15, 0.2) is 24.0 Å². The lowest BCUT2D eigenvalue weighted by atomic mass is 9.93. The van der Waals surface area contributed by atoms with E-state index < -0.39 is 42.3 Å². The molecule has 1 amide bonds. The Labute approximate surface area is 176 Å². The summed E-state index contributed by atoms with van der Waals surface area (Å²) in [4.78, 5) is 20.0. The molecular formula is C22H30N2O6. The van der Waals surface area contributed by atoms with Gasteiger partial charge < -0.3 is 28.6 Å². The van der Waals surface area contributed by atoms with Crippen LogP contribution in [-0.4, -0.2) is 64.6 Å². The van der Waals surface area contributed by atoms with Crippen molar-refractivity contribution in [3.63, 3.8) is 0 Å². The summed E-state index contributed by atoms with van der Waals surface area (Å²) in [5, 5.41) is 0. The Balaban J connectivity index is 1.44. The second-order valence-electron chi connectivity index (χ2n) is 9.42. The number of rotatable bonds is 2. The van der Waals surface area contributed by atoms with Gasteiger partial charge in [0.1, 0.15) is 18.3 Å². The fourth-order valence-corrected chi connectivity index (χ4v) is 5.09. The van der Waals surface area contributed by atoms with Crippen LogP contribution in [0.1, 0.15) is 58.6 Å². The van der Waals surface area contributed by atoms with E-state index >= 15 is 0 Å². The minimum atomic E-state index is -0.827. The van der Waals surface area contributed by atoms with Gasteiger partial charge in [0.25, 0.3) is 5.91 Å². The lowest BCUT2D eigenvalue weighted by Crippen LogP contribution is -2.60. The van der Waals surface area contributed by atoms with Crippen LogP contribution in [0.5, 0.6) is 0 Å². The summed E-state index contributed by atoms with van der Waals surface area (Å²) in [6.07, 6.45) is 3.62. The van der Waals surface area contributed by atoms with E-state index in [0.717, 1.165) is 24.8 Å². The van der Waals surface area contributed by atoms with Gasteiger partial charge in [-0.25, -0.2) is 0 Å². The van der Waals surface area contributed by atoms with Crippen LogP contribution in [0.2, 0.25) is 0 Å². The van der Waals surface area contributed by atoms with Crippen LogP contribution in [0.3, 0.4) is 0 Å². The summed E-state index contributed by atoms with van der Waals surface area (Å²) in [6.45, 7) is 8.05. The number of hydrogen-bond donors (Lipinski definition) is 0. The largest absolute Gasteiger partial charge is 0.342 e. The molecule has 5 heterocycles. The first-order chi connectivity index (χ1) is 14.2. The SMILES string of the molecule is CC1(C)O[C@H]2[C@@H](O1)[C@@H](C(=O)N1CCCC[C@@H]1c1cccnc1)O[C@@H]1OC(C)(C)O[C@@H]12. The lowest BCUT2D eigenvalue weighted by Gasteiger charge is -2.42. The monoisotopic (exact) mass is 418 g/mol. The predicted molar refractivity (Wildman–Crippen MR) is 105 cm³/mol. The molecule has 1 aromatic heterocycles. The second-order valence-corrected chi connectivity index (χ2v) is 9.42. The molecule has 4 saturated heterocycles. The normalized spacial score (nSPS) is 39.4. The standard InChI is InChI=1S/C22H30N2O6/c1-21(2)27-15-16(28-21)18-20(30-22(3,4)29-18)26-17(15)19(25)24-11-6-5-9-14(24)13-8-7-10-23-12-13/h7-8,10,12,14-18,20H,5-6,9,11H2,1-4H3/t14-,15-,16+,17+,18-,20-/m1/s1. The molecule has 0 unspecified atom stereocenters. The van der Waals surface area contributed by atoms with E-state index in [-0.39, 0.29) is 11.9 Å². The van der Waals surface area contributed by atoms with Crippen molar-refractivity contribution < 1.29 is 28.5 Å². The molecule has 0 N–H and O–H groups in total. The molecule has 5 rings (SSSR count). The molecule has 0 bridgehead atoms. The fraction of sp³-hybridized carbons (Fsp3) is 0.727. The molecule has 164 valence electrons. The maximum atomic E-state index is 13.8. The van der Waals surface area contributed by atoms with Gasteiger partial charge in [-0.2, -0.15) is 0 Å². The number of pyridine rings is 1. The van der Waals surface area contributed by atoms with Gasteiger partial charge in [-0.3, -0.25) is 9.78 Å². The molecule has 4 fully saturated rings. The number of aromatic nitrogens is 1. The lowest BCUT2D eigenvalue weighted by molar-refractivity contribution is -0.235. The number of ether oxygens (including phenoxy) is 5. The van der Waals surface area contributed by atoms with Gasteiger partial charge in [0.05, 0.1) is 6.04 Å². The van der Waals surface area contributed by atoms with Crippen LogP contribution in [0, 0.1) is 0 Å². The Morgan fingerprint density at radius 1 is 1.03 bits per heavy atom. The van der Waals surface area contributed by atoms with Crippen molar-refractivity contribution in [1.29, 1.82) is 0 Å². The molecule has 0 radical (unpaired) electrons. The van der Waals surface area contributed by atoms with Gasteiger partial charge in [-0.15, -0.1) is 0 Å². The highest BCUT2D eigenvalue weighted by Crippen LogP contribution is 2.45. The Bertz CT molecular complexity index is 800. The summed E-state index contributed by atoms with van der Waals surface area (Å²) in [5.74, 6) is -1.73. The topological polar surface area (TPSA) is 79.4 Å². The summed E-state index contributed by atoms with van der Waals surface area (Å²) < 4.78 is 30.5. The number of carbonyl (C=O) groups excluding carboxylic acids is 1. The zero-order valence-electron chi connectivity index (χ0n) is 17.9. The first-order valence-corrected chi connectivity index (χ1v) is 10.8. The van der Waals surface area contributed by atoms with Crippen molar-refractivity contribution in [2.24, 2.45) is 0 Å². The number of hydrogen-bond acceptors (Lipinski definition) is 7. The molecule has 8 nitrogen and oxygen atoms in total. The van der Waals surface area contributed by atoms with Gasteiger partial charge in [0.2, 0.25) is 0 Å². The van der Waals surface area contributed by atoms with E-state index in [9.17, 15) is 4.79 Å². The molecule has 1 aromatic rings. The minimum Gasteiger partial charge on any atom is -0.342 e. The Hall–Kier alpha value is -1.58. The van der Waals surface area contributed by atoms with Crippen molar-refractivity contribution >= 4 is 5.91 Å². The first-order valence-electron chi connectivity index (χ1n) is 10.8. The molecule has 4 aliphatic heterocycles. The molecule has 30 heavy (non-hydrogen) atoms. The third-order valence-corrected chi connectivity index (χ3v) is 6.25. The maximum absolute atomic E-state index is 13.8. The maximum Gasteiger partial charge on any atom is 0.255 e. The molecule has 8 heteroatoms. The van der Waals surface area contributed by atoms with E-state index in [1.54, 1.807) is 6.20 Å². The number of carbonyl (C=O) groups is 1. The van der Waals surface area contributed by atoms with E-state index in [0.29, 0.717) is 6.54 Å². The summed E-state index contributed by atoms with van der Waals surface area (Å²) in [5.41, 5.74) is 1.04. The smallest absolute Gasteiger partial charge is 0.255 e. The average Bonchev–Trinajstić information content (AvgIpc) is 3.21. The third-order valence-electron chi connectivity index (χ3n) is 6.25. The summed E-state index contributed by atoms with van der Waals surface area (Å²) in [6, 6.07) is 3.91. The van der Waals surface area contributed by atoms with E-state index in [1.807, 2.05) is 50.9 Å². The molecule has 0 spiro atoms. The Morgan fingerprint density at radius 3 is 2.53 bits per heavy atom. The van der Waals surface area contributed by atoms with Crippen molar-refractivity contribution in [3.8, 4) is 0 Å². The Morgan fingerprint density at radius 2 is 1.77 bits per heavy atom. The number of fused-ring (bicyclic) bond motifs is 3. The quantitative estimate of drug-likeness (QED) is 0.730. The summed E-state index contributed by atoms with van der Waals surface area (Å²) >= 11 is 0. The van der Waals surface area contributed by atoms with E-state index in [4.69, 9.17) is 23.7 Å². The van der Waals surface area contributed by atoms with E-state index in [2.05, 4.69) is 4.98 Å². The van der Waals surface area contributed by atoms with Gasteiger partial charge in [-0.05, 0) is 58.6 Å². The van der Waals surface area contributed by atoms with Crippen LogP contribution >= 0.6 is 0 Å². The minimum absolute atomic E-state index is 0.0211. The van der Waals surface area contributed by atoms with Crippen molar-refractivity contribution in [1.82, 2.24) is 9.88 Å². The van der Waals surface area contributed by atoms with Crippen LogP contribution in [0.15, 0.2) is 24.5 Å². The predicted octanol–water partition coefficient (Wildman–Crippen LogP) is 2.53. The Kier molecular flexibility index (Phi) is 4.91. The molecule has 6 atom stereocenters. The molecular weight excluding hydrogens is 388 g/mol. The van der Waals surface area contributed by atoms with Crippen molar-refractivity contribution in [3.05, 3.63) is 30.1 Å². The number of likely N-dealkylation sites (tertiary alicyclic amines) is 1. The van der Waals surface area contributed by atoms with Crippen molar-refractivity contribution in [2.75, 3.05) is 6.54 Å². The molecule has 0 saturated carbocycles. The highest BCUT2D eigenvalue weighted by molar-refractivity contribution is 5.82. The number of nitrogens with zero attached hydrogens (tertiary/aromatic N) is 2. The summed E-state index contributed by atoms with van der Waals surface area (Å²) in [7, 11) is 0.